The Hall–Kier alpha value is -1.49. The molecule has 0 saturated carbocycles. The fourth-order valence-corrected chi connectivity index (χ4v) is 4.94. The molecule has 0 saturated heterocycles. The van der Waals surface area contributed by atoms with E-state index in [0.717, 1.165) is 74.1 Å². The lowest BCUT2D eigenvalue weighted by molar-refractivity contribution is 0.400. The zero-order chi connectivity index (χ0) is 24.2. The molecule has 0 amide bonds. The SMILES string of the molecule is Cc1ccc(C(CCCCCB(O)O)(c2ccc(C)c(Cl)c2)c2ccc(C)c(Cl)c2)cc1Cl. The lowest BCUT2D eigenvalue weighted by Gasteiger charge is -2.37. The molecule has 33 heavy (non-hydrogen) atoms. The minimum absolute atomic E-state index is 0.371. The average Bonchev–Trinajstić information content (AvgIpc) is 2.77. The molecule has 0 aliphatic heterocycles. The van der Waals surface area contributed by atoms with Crippen LogP contribution in [0.5, 0.6) is 0 Å². The van der Waals surface area contributed by atoms with Gasteiger partial charge < -0.3 is 10.0 Å². The third-order valence-electron chi connectivity index (χ3n) is 6.51. The summed E-state index contributed by atoms with van der Waals surface area (Å²) in [5.74, 6) is 0. The van der Waals surface area contributed by atoms with Crippen molar-refractivity contribution in [3.8, 4) is 0 Å². The van der Waals surface area contributed by atoms with Crippen molar-refractivity contribution in [1.82, 2.24) is 0 Å². The summed E-state index contributed by atoms with van der Waals surface area (Å²) < 4.78 is 0. The average molecular weight is 504 g/mol. The number of halogens is 3. The quantitative estimate of drug-likeness (QED) is 0.177. The smallest absolute Gasteiger partial charge is 0.427 e. The highest BCUT2D eigenvalue weighted by Gasteiger charge is 2.37. The van der Waals surface area contributed by atoms with Crippen LogP contribution in [0.25, 0.3) is 0 Å². The predicted octanol–water partition coefficient (Wildman–Crippen LogP) is 7.94. The summed E-state index contributed by atoms with van der Waals surface area (Å²) in [5, 5.41) is 20.6. The fraction of sp³-hybridized carbons (Fsp3) is 0.333. The summed E-state index contributed by atoms with van der Waals surface area (Å²) in [5.41, 5.74) is 5.81. The van der Waals surface area contributed by atoms with Crippen LogP contribution in [0.15, 0.2) is 54.6 Å². The predicted molar refractivity (Wildman–Crippen MR) is 142 cm³/mol. The van der Waals surface area contributed by atoms with E-state index in [2.05, 4.69) is 54.6 Å². The molecule has 0 radical (unpaired) electrons. The summed E-state index contributed by atoms with van der Waals surface area (Å²) >= 11 is 19.9. The molecular weight excluding hydrogens is 473 g/mol. The molecule has 2 N–H and O–H groups in total. The number of aryl methyl sites for hydroxylation is 3. The van der Waals surface area contributed by atoms with Crippen LogP contribution in [0.4, 0.5) is 0 Å². The van der Waals surface area contributed by atoms with Gasteiger partial charge in [0.2, 0.25) is 0 Å². The van der Waals surface area contributed by atoms with E-state index in [1.807, 2.05) is 20.8 Å². The molecule has 0 heterocycles. The standard InChI is InChI=1S/C27H30BCl3O2/c1-18-7-10-21(15-24(18)29)27(13-5-4-6-14-28(32)33,22-11-8-19(2)25(30)16-22)23-12-9-20(3)26(31)17-23/h7-12,15-17,32-33H,4-6,13-14H2,1-3H3. The van der Waals surface area contributed by atoms with Crippen molar-refractivity contribution < 1.29 is 10.0 Å². The molecule has 0 bridgehead atoms. The van der Waals surface area contributed by atoms with Gasteiger partial charge in [-0.15, -0.1) is 0 Å². The molecular formula is C27H30BCl3O2. The first-order chi connectivity index (χ1) is 15.6. The van der Waals surface area contributed by atoms with Crippen LogP contribution in [0.2, 0.25) is 21.4 Å². The van der Waals surface area contributed by atoms with Crippen molar-refractivity contribution in [1.29, 1.82) is 0 Å². The third-order valence-corrected chi connectivity index (χ3v) is 7.73. The summed E-state index contributed by atoms with van der Waals surface area (Å²) in [6, 6.07) is 18.7. The van der Waals surface area contributed by atoms with Crippen LogP contribution in [0.1, 0.15) is 59.1 Å². The zero-order valence-corrected chi connectivity index (χ0v) is 21.6. The van der Waals surface area contributed by atoms with Crippen molar-refractivity contribution in [2.24, 2.45) is 0 Å². The zero-order valence-electron chi connectivity index (χ0n) is 19.3. The summed E-state index contributed by atoms with van der Waals surface area (Å²) in [6.45, 7) is 6.00. The molecule has 0 unspecified atom stereocenters. The Morgan fingerprint density at radius 2 is 1.03 bits per heavy atom. The van der Waals surface area contributed by atoms with E-state index in [4.69, 9.17) is 34.8 Å². The number of unbranched alkanes of at least 4 members (excludes halogenated alkanes) is 2. The highest BCUT2D eigenvalue weighted by atomic mass is 35.5. The summed E-state index contributed by atoms with van der Waals surface area (Å²) in [6.07, 6.45) is 3.67. The topological polar surface area (TPSA) is 40.5 Å². The first kappa shape index (κ1) is 26.1. The molecule has 0 atom stereocenters. The Morgan fingerprint density at radius 1 is 0.636 bits per heavy atom. The van der Waals surface area contributed by atoms with E-state index in [0.29, 0.717) is 6.32 Å². The summed E-state index contributed by atoms with van der Waals surface area (Å²) in [4.78, 5) is 0. The Bertz CT molecular complexity index is 989. The van der Waals surface area contributed by atoms with E-state index >= 15 is 0 Å². The second kappa shape index (κ2) is 11.3. The lowest BCUT2D eigenvalue weighted by atomic mass is 9.66. The molecule has 0 aromatic heterocycles. The van der Waals surface area contributed by atoms with Crippen molar-refractivity contribution in [3.05, 3.63) is 103 Å². The van der Waals surface area contributed by atoms with Gasteiger partial charge in [0.1, 0.15) is 0 Å². The van der Waals surface area contributed by atoms with Crippen molar-refractivity contribution in [3.63, 3.8) is 0 Å². The van der Waals surface area contributed by atoms with Crippen LogP contribution in [-0.2, 0) is 5.41 Å². The third kappa shape index (κ3) is 5.96. The van der Waals surface area contributed by atoms with Gasteiger partial charge >= 0.3 is 7.12 Å². The molecule has 0 aliphatic rings. The van der Waals surface area contributed by atoms with E-state index in [-0.39, 0.29) is 0 Å². The number of hydrogen-bond acceptors (Lipinski definition) is 2. The molecule has 0 fully saturated rings. The Labute approximate surface area is 212 Å². The van der Waals surface area contributed by atoms with Gasteiger partial charge in [-0.25, -0.2) is 0 Å². The largest absolute Gasteiger partial charge is 0.451 e. The monoisotopic (exact) mass is 502 g/mol. The highest BCUT2D eigenvalue weighted by molar-refractivity contribution is 6.40. The first-order valence-corrected chi connectivity index (χ1v) is 12.4. The number of hydrogen-bond donors (Lipinski definition) is 2. The van der Waals surface area contributed by atoms with Gasteiger partial charge in [0, 0.05) is 20.5 Å². The molecule has 6 heteroatoms. The lowest BCUT2D eigenvalue weighted by Crippen LogP contribution is -2.30. The highest BCUT2D eigenvalue weighted by Crippen LogP contribution is 2.46. The van der Waals surface area contributed by atoms with Crippen LogP contribution in [-0.4, -0.2) is 17.2 Å². The van der Waals surface area contributed by atoms with E-state index in [1.54, 1.807) is 0 Å². The minimum Gasteiger partial charge on any atom is -0.427 e. The van der Waals surface area contributed by atoms with Gasteiger partial charge in [0.05, 0.1) is 0 Å². The van der Waals surface area contributed by atoms with E-state index in [9.17, 15) is 10.0 Å². The second-order valence-corrected chi connectivity index (χ2v) is 10.1. The van der Waals surface area contributed by atoms with Crippen molar-refractivity contribution >= 4 is 41.9 Å². The molecule has 0 aliphatic carbocycles. The maximum atomic E-state index is 9.23. The fourth-order valence-electron chi connectivity index (χ4n) is 4.40. The van der Waals surface area contributed by atoms with Gasteiger partial charge in [-0.1, -0.05) is 90.5 Å². The van der Waals surface area contributed by atoms with Gasteiger partial charge in [-0.05, 0) is 85.1 Å². The number of benzene rings is 3. The van der Waals surface area contributed by atoms with Gasteiger partial charge in [0.25, 0.3) is 0 Å². The first-order valence-electron chi connectivity index (χ1n) is 11.3. The Balaban J connectivity index is 2.21. The maximum Gasteiger partial charge on any atom is 0.451 e. The van der Waals surface area contributed by atoms with E-state index in [1.165, 1.54) is 0 Å². The molecule has 0 spiro atoms. The minimum atomic E-state index is -1.27. The van der Waals surface area contributed by atoms with Crippen molar-refractivity contribution in [2.45, 2.75) is 58.2 Å². The Kier molecular flexibility index (Phi) is 8.94. The van der Waals surface area contributed by atoms with Gasteiger partial charge in [-0.2, -0.15) is 0 Å². The molecule has 174 valence electrons. The maximum absolute atomic E-state index is 9.23. The van der Waals surface area contributed by atoms with Crippen LogP contribution in [0.3, 0.4) is 0 Å². The summed E-state index contributed by atoms with van der Waals surface area (Å²) in [7, 11) is -1.27. The van der Waals surface area contributed by atoms with Crippen LogP contribution < -0.4 is 0 Å². The normalized spacial score (nSPS) is 11.6. The van der Waals surface area contributed by atoms with Gasteiger partial charge in [0.15, 0.2) is 0 Å². The number of rotatable bonds is 9. The van der Waals surface area contributed by atoms with Gasteiger partial charge in [-0.3, -0.25) is 0 Å². The second-order valence-electron chi connectivity index (χ2n) is 8.88. The van der Waals surface area contributed by atoms with E-state index < -0.39 is 12.5 Å². The van der Waals surface area contributed by atoms with Crippen LogP contribution >= 0.6 is 34.8 Å². The molecule has 3 rings (SSSR count). The molecule has 2 nitrogen and oxygen atoms in total. The van der Waals surface area contributed by atoms with Crippen molar-refractivity contribution in [2.75, 3.05) is 0 Å². The van der Waals surface area contributed by atoms with Crippen LogP contribution in [0, 0.1) is 20.8 Å². The molecule has 3 aromatic rings. The molecule has 3 aromatic carbocycles. The Morgan fingerprint density at radius 3 is 1.36 bits per heavy atom.